The Labute approximate surface area is 120 Å². The lowest BCUT2D eigenvalue weighted by Gasteiger charge is -2.14. The number of nitrogens with zero attached hydrogens (tertiary/aromatic N) is 1. The highest BCUT2D eigenvalue weighted by atomic mass is 79.9. The summed E-state index contributed by atoms with van der Waals surface area (Å²) in [6.45, 7) is 6.03. The average Bonchev–Trinajstić information content (AvgIpc) is 2.94. The smallest absolute Gasteiger partial charge is 0.340 e. The van der Waals surface area contributed by atoms with Crippen molar-refractivity contribution in [1.82, 2.24) is 4.57 Å². The van der Waals surface area contributed by atoms with E-state index in [9.17, 15) is 4.79 Å². The van der Waals surface area contributed by atoms with Gasteiger partial charge in [0.25, 0.3) is 0 Å². The van der Waals surface area contributed by atoms with Gasteiger partial charge in [0.15, 0.2) is 5.76 Å². The zero-order chi connectivity index (χ0) is 14.2. The topological polar surface area (TPSA) is 44.4 Å². The Balaban J connectivity index is 2.75. The maximum Gasteiger partial charge on any atom is 0.340 e. The second kappa shape index (κ2) is 5.25. The van der Waals surface area contributed by atoms with Crippen LogP contribution < -0.4 is 0 Å². The average molecular weight is 326 g/mol. The molecule has 0 aliphatic rings. The van der Waals surface area contributed by atoms with Crippen LogP contribution in [0.4, 0.5) is 0 Å². The molecular formula is C14H16BrNO3. The van der Waals surface area contributed by atoms with Crippen molar-refractivity contribution in [2.75, 3.05) is 7.11 Å². The third-order valence-corrected chi connectivity index (χ3v) is 3.82. The fourth-order valence-corrected chi connectivity index (χ4v) is 3.13. The Bertz CT molecular complexity index is 597. The highest BCUT2D eigenvalue weighted by Crippen LogP contribution is 2.38. The van der Waals surface area contributed by atoms with Crippen LogP contribution in [-0.2, 0) is 4.74 Å². The molecule has 2 heterocycles. The second-order valence-corrected chi connectivity index (χ2v) is 5.35. The molecule has 0 unspecified atom stereocenters. The van der Waals surface area contributed by atoms with E-state index < -0.39 is 0 Å². The van der Waals surface area contributed by atoms with Crippen LogP contribution in [0.2, 0.25) is 0 Å². The molecule has 0 saturated carbocycles. The zero-order valence-corrected chi connectivity index (χ0v) is 12.9. The summed E-state index contributed by atoms with van der Waals surface area (Å²) in [5.74, 6) is 0.371. The summed E-state index contributed by atoms with van der Waals surface area (Å²) in [6, 6.07) is 3.90. The third-order valence-electron chi connectivity index (χ3n) is 3.05. The highest BCUT2D eigenvalue weighted by molar-refractivity contribution is 9.10. The van der Waals surface area contributed by atoms with Crippen LogP contribution in [0.3, 0.4) is 0 Å². The van der Waals surface area contributed by atoms with Gasteiger partial charge in [0.2, 0.25) is 0 Å². The summed E-state index contributed by atoms with van der Waals surface area (Å²) < 4.78 is 13.1. The Morgan fingerprint density at radius 2 is 2.16 bits per heavy atom. The van der Waals surface area contributed by atoms with Crippen molar-refractivity contribution >= 4 is 21.9 Å². The van der Waals surface area contributed by atoms with E-state index in [-0.39, 0.29) is 12.0 Å². The maximum absolute atomic E-state index is 11.9. The number of ether oxygens (including phenoxy) is 1. The van der Waals surface area contributed by atoms with E-state index in [0.717, 1.165) is 17.1 Å². The number of furan rings is 1. The lowest BCUT2D eigenvalue weighted by molar-refractivity contribution is 0.0599. The Morgan fingerprint density at radius 1 is 1.47 bits per heavy atom. The van der Waals surface area contributed by atoms with Crippen molar-refractivity contribution in [3.05, 3.63) is 34.1 Å². The van der Waals surface area contributed by atoms with Gasteiger partial charge in [0.1, 0.15) is 0 Å². The molecule has 0 saturated heterocycles. The summed E-state index contributed by atoms with van der Waals surface area (Å²) in [5, 5.41) is 0. The van der Waals surface area contributed by atoms with Crippen LogP contribution >= 0.6 is 15.9 Å². The van der Waals surface area contributed by atoms with Crippen LogP contribution in [0.1, 0.15) is 35.9 Å². The molecule has 0 fully saturated rings. The molecule has 102 valence electrons. The molecule has 0 N–H and O–H groups in total. The van der Waals surface area contributed by atoms with Crippen LogP contribution in [0.25, 0.3) is 11.5 Å². The van der Waals surface area contributed by atoms with Crippen molar-refractivity contribution < 1.29 is 13.9 Å². The van der Waals surface area contributed by atoms with Gasteiger partial charge in [-0.25, -0.2) is 4.79 Å². The van der Waals surface area contributed by atoms with Crippen LogP contribution in [0, 0.1) is 6.92 Å². The number of rotatable bonds is 3. The van der Waals surface area contributed by atoms with Crippen molar-refractivity contribution in [2.45, 2.75) is 26.8 Å². The van der Waals surface area contributed by atoms with Crippen LogP contribution in [0.15, 0.2) is 27.3 Å². The summed E-state index contributed by atoms with van der Waals surface area (Å²) in [6.07, 6.45) is 1.62. The number of aromatic nitrogens is 1. The molecule has 0 aromatic carbocycles. The van der Waals surface area contributed by atoms with E-state index in [1.54, 1.807) is 6.26 Å². The fourth-order valence-electron chi connectivity index (χ4n) is 2.30. The predicted molar refractivity (Wildman–Crippen MR) is 76.3 cm³/mol. The number of hydrogen-bond acceptors (Lipinski definition) is 3. The molecule has 0 radical (unpaired) electrons. The van der Waals surface area contributed by atoms with Gasteiger partial charge in [-0.05, 0) is 48.8 Å². The van der Waals surface area contributed by atoms with Gasteiger partial charge < -0.3 is 13.7 Å². The van der Waals surface area contributed by atoms with Gasteiger partial charge in [-0.15, -0.1) is 0 Å². The molecule has 2 aromatic rings. The standard InChI is InChI=1S/C14H16BrNO3/c1-8(2)16-9(3)11(14(17)18-4)12(15)13(16)10-6-5-7-19-10/h5-8H,1-4H3. The minimum absolute atomic E-state index is 0.204. The van der Waals surface area contributed by atoms with Crippen molar-refractivity contribution in [1.29, 1.82) is 0 Å². The van der Waals surface area contributed by atoms with E-state index in [2.05, 4.69) is 34.3 Å². The van der Waals surface area contributed by atoms with E-state index in [1.807, 2.05) is 19.1 Å². The van der Waals surface area contributed by atoms with Crippen LogP contribution in [0.5, 0.6) is 0 Å². The molecule has 0 aliphatic heterocycles. The first-order valence-corrected chi connectivity index (χ1v) is 6.80. The lowest BCUT2D eigenvalue weighted by Crippen LogP contribution is -2.07. The second-order valence-electron chi connectivity index (χ2n) is 4.56. The van der Waals surface area contributed by atoms with Gasteiger partial charge in [-0.1, -0.05) is 0 Å². The van der Waals surface area contributed by atoms with Gasteiger partial charge >= 0.3 is 5.97 Å². The Morgan fingerprint density at radius 3 is 2.63 bits per heavy atom. The number of carbonyl (C=O) groups excluding carboxylic acids is 1. The number of halogens is 1. The first-order chi connectivity index (χ1) is 8.99. The molecule has 0 spiro atoms. The monoisotopic (exact) mass is 325 g/mol. The number of esters is 1. The summed E-state index contributed by atoms with van der Waals surface area (Å²) in [4.78, 5) is 11.9. The van der Waals surface area contributed by atoms with Gasteiger partial charge in [0, 0.05) is 11.7 Å². The molecular weight excluding hydrogens is 310 g/mol. The van der Waals surface area contributed by atoms with Gasteiger partial charge in [0.05, 0.1) is 29.1 Å². The van der Waals surface area contributed by atoms with Crippen molar-refractivity contribution in [3.63, 3.8) is 0 Å². The summed E-state index contributed by atoms with van der Waals surface area (Å²) in [7, 11) is 1.38. The largest absolute Gasteiger partial charge is 0.465 e. The minimum atomic E-state index is -0.350. The molecule has 0 bridgehead atoms. The van der Waals surface area contributed by atoms with Gasteiger partial charge in [-0.2, -0.15) is 0 Å². The molecule has 2 aromatic heterocycles. The summed E-state index contributed by atoms with van der Waals surface area (Å²) in [5.41, 5.74) is 2.26. The molecule has 4 nitrogen and oxygen atoms in total. The van der Waals surface area contributed by atoms with E-state index >= 15 is 0 Å². The van der Waals surface area contributed by atoms with Crippen LogP contribution in [-0.4, -0.2) is 17.6 Å². The molecule has 2 rings (SSSR count). The van der Waals surface area contributed by atoms with E-state index in [0.29, 0.717) is 10.0 Å². The molecule has 5 heteroatoms. The first-order valence-electron chi connectivity index (χ1n) is 6.01. The molecule has 0 atom stereocenters. The number of methoxy groups -OCH3 is 1. The zero-order valence-electron chi connectivity index (χ0n) is 11.4. The Hall–Kier alpha value is -1.49. The predicted octanol–water partition coefficient (Wildman–Crippen LogP) is 4.19. The normalized spacial score (nSPS) is 11.1. The maximum atomic E-state index is 11.9. The Kier molecular flexibility index (Phi) is 3.85. The molecule has 0 amide bonds. The summed E-state index contributed by atoms with van der Waals surface area (Å²) >= 11 is 3.50. The highest BCUT2D eigenvalue weighted by Gasteiger charge is 2.27. The van der Waals surface area contributed by atoms with Gasteiger partial charge in [-0.3, -0.25) is 0 Å². The lowest BCUT2D eigenvalue weighted by atomic mass is 10.2. The number of carbonyl (C=O) groups is 1. The quantitative estimate of drug-likeness (QED) is 0.795. The number of hydrogen-bond donors (Lipinski definition) is 0. The van der Waals surface area contributed by atoms with E-state index in [4.69, 9.17) is 9.15 Å². The first kappa shape index (κ1) is 13.9. The SMILES string of the molecule is COC(=O)c1c(Br)c(-c2ccco2)n(C(C)C)c1C. The molecule has 0 aliphatic carbocycles. The van der Waals surface area contributed by atoms with Crippen molar-refractivity contribution in [3.8, 4) is 11.5 Å². The third kappa shape index (κ3) is 2.23. The van der Waals surface area contributed by atoms with Crippen molar-refractivity contribution in [2.24, 2.45) is 0 Å². The van der Waals surface area contributed by atoms with E-state index in [1.165, 1.54) is 7.11 Å². The molecule has 19 heavy (non-hydrogen) atoms. The fraction of sp³-hybridized carbons (Fsp3) is 0.357. The minimum Gasteiger partial charge on any atom is -0.465 e.